The molecule has 0 saturated carbocycles. The van der Waals surface area contributed by atoms with Crippen LogP contribution in [0.3, 0.4) is 0 Å². The fraction of sp³-hybridized carbons (Fsp3) is 0.200. The van der Waals surface area contributed by atoms with Crippen LogP contribution in [0.1, 0.15) is 12.0 Å². The summed E-state index contributed by atoms with van der Waals surface area (Å²) in [6.45, 7) is 0. The minimum absolute atomic E-state index is 0.112. The monoisotopic (exact) mass is 187 g/mol. The van der Waals surface area contributed by atoms with Gasteiger partial charge < -0.3 is 0 Å². The molecule has 0 saturated heterocycles. The first-order chi connectivity index (χ1) is 6.74. The highest BCUT2D eigenvalue weighted by molar-refractivity contribution is 6.08. The molecule has 0 bridgehead atoms. The van der Waals surface area contributed by atoms with E-state index >= 15 is 0 Å². The Morgan fingerprint density at radius 2 is 2.00 bits per heavy atom. The molecule has 0 fully saturated rings. The second kappa shape index (κ2) is 5.22. The van der Waals surface area contributed by atoms with Crippen molar-refractivity contribution in [2.45, 2.75) is 12.7 Å². The molecule has 0 heterocycles. The number of nitro benzene ring substituents is 1. The summed E-state index contributed by atoms with van der Waals surface area (Å²) < 4.78 is 0. The van der Waals surface area contributed by atoms with E-state index in [-0.39, 0.29) is 5.69 Å². The van der Waals surface area contributed by atoms with Crippen molar-refractivity contribution in [3.05, 3.63) is 46.0 Å². The number of hydrogen-bond donors (Lipinski definition) is 0. The number of nitrogens with zero attached hydrogens (tertiary/aromatic N) is 1. The Morgan fingerprint density at radius 1 is 1.36 bits per heavy atom. The Kier molecular flexibility index (Phi) is 3.92. The van der Waals surface area contributed by atoms with Crippen LogP contribution < -0.4 is 0 Å². The van der Waals surface area contributed by atoms with Crippen LogP contribution in [0.2, 0.25) is 6.32 Å². The third kappa shape index (κ3) is 3.05. The molecule has 14 heavy (non-hydrogen) atoms. The summed E-state index contributed by atoms with van der Waals surface area (Å²) >= 11 is 0. The van der Waals surface area contributed by atoms with Crippen LogP contribution in [-0.2, 0) is 0 Å². The van der Waals surface area contributed by atoms with E-state index in [0.29, 0.717) is 6.32 Å². The van der Waals surface area contributed by atoms with Crippen LogP contribution in [0.25, 0.3) is 6.08 Å². The molecule has 0 spiro atoms. The summed E-state index contributed by atoms with van der Waals surface area (Å²) in [5.41, 5.74) is 1.06. The quantitative estimate of drug-likeness (QED) is 0.413. The lowest BCUT2D eigenvalue weighted by molar-refractivity contribution is -0.384. The molecule has 70 valence electrons. The molecule has 3 nitrogen and oxygen atoms in total. The normalized spacial score (nSPS) is 10.6. The van der Waals surface area contributed by atoms with Crippen LogP contribution in [0.4, 0.5) is 5.69 Å². The van der Waals surface area contributed by atoms with Crippen molar-refractivity contribution in [2.24, 2.45) is 0 Å². The summed E-state index contributed by atoms with van der Waals surface area (Å²) in [5, 5.41) is 10.3. The molecule has 0 N–H and O–H groups in total. The molecule has 0 unspecified atom stereocenters. The molecule has 4 heteroatoms. The second-order valence-corrected chi connectivity index (χ2v) is 2.83. The van der Waals surface area contributed by atoms with Gasteiger partial charge >= 0.3 is 0 Å². The topological polar surface area (TPSA) is 43.1 Å². The van der Waals surface area contributed by atoms with Crippen molar-refractivity contribution < 1.29 is 4.92 Å². The van der Waals surface area contributed by atoms with Crippen molar-refractivity contribution in [3.8, 4) is 0 Å². The molecular weight excluding hydrogens is 177 g/mol. The van der Waals surface area contributed by atoms with E-state index in [1.807, 2.05) is 12.2 Å². The second-order valence-electron chi connectivity index (χ2n) is 2.83. The molecule has 1 aromatic carbocycles. The van der Waals surface area contributed by atoms with Gasteiger partial charge in [0.05, 0.1) is 12.8 Å². The van der Waals surface area contributed by atoms with Crippen LogP contribution >= 0.6 is 0 Å². The zero-order valence-corrected chi connectivity index (χ0v) is 7.72. The van der Waals surface area contributed by atoms with E-state index < -0.39 is 4.92 Å². The predicted molar refractivity (Wildman–Crippen MR) is 57.3 cm³/mol. The van der Waals surface area contributed by atoms with Gasteiger partial charge in [0.25, 0.3) is 5.69 Å². The largest absolute Gasteiger partial charge is 0.269 e. The van der Waals surface area contributed by atoms with Crippen LogP contribution in [0, 0.1) is 10.1 Å². The third-order valence-electron chi connectivity index (χ3n) is 1.75. The van der Waals surface area contributed by atoms with Gasteiger partial charge in [0.15, 0.2) is 0 Å². The zero-order chi connectivity index (χ0) is 10.4. The summed E-state index contributed by atoms with van der Waals surface area (Å²) in [6, 6.07) is 6.40. The van der Waals surface area contributed by atoms with E-state index in [4.69, 9.17) is 7.85 Å². The van der Waals surface area contributed by atoms with Gasteiger partial charge in [-0.15, -0.1) is 0 Å². The van der Waals surface area contributed by atoms with E-state index in [1.54, 1.807) is 12.1 Å². The summed E-state index contributed by atoms with van der Waals surface area (Å²) in [5.74, 6) is 0. The van der Waals surface area contributed by atoms with Crippen molar-refractivity contribution in [1.82, 2.24) is 0 Å². The Balaban J connectivity index is 2.68. The Bertz CT molecular complexity index is 332. The van der Waals surface area contributed by atoms with E-state index in [1.165, 1.54) is 12.1 Å². The van der Waals surface area contributed by atoms with Gasteiger partial charge in [-0.2, -0.15) is 0 Å². The van der Waals surface area contributed by atoms with E-state index in [9.17, 15) is 10.1 Å². The number of non-ortho nitro benzene ring substituents is 1. The maximum Gasteiger partial charge on any atom is 0.269 e. The van der Waals surface area contributed by atoms with Crippen molar-refractivity contribution in [2.75, 3.05) is 0 Å². The van der Waals surface area contributed by atoms with Gasteiger partial charge in [0.1, 0.15) is 0 Å². The Hall–Kier alpha value is -1.58. The molecule has 2 radical (unpaired) electrons. The smallest absolute Gasteiger partial charge is 0.258 e. The van der Waals surface area contributed by atoms with Gasteiger partial charge in [0.2, 0.25) is 0 Å². The molecule has 0 aliphatic rings. The first-order valence-corrected chi connectivity index (χ1v) is 4.35. The third-order valence-corrected chi connectivity index (χ3v) is 1.75. The highest BCUT2D eigenvalue weighted by Crippen LogP contribution is 2.12. The first-order valence-electron chi connectivity index (χ1n) is 4.35. The predicted octanol–water partition coefficient (Wildman–Crippen LogP) is 2.58. The van der Waals surface area contributed by atoms with Gasteiger partial charge in [0, 0.05) is 12.1 Å². The highest BCUT2D eigenvalue weighted by atomic mass is 16.6. The SMILES string of the molecule is [B]CC/C=C/c1ccc([N+](=O)[O-])cc1. The number of nitro groups is 1. The molecule has 1 rings (SSSR count). The van der Waals surface area contributed by atoms with Gasteiger partial charge in [-0.3, -0.25) is 10.1 Å². The fourth-order valence-corrected chi connectivity index (χ4v) is 1.02. The minimum atomic E-state index is -0.409. The molecule has 0 aliphatic carbocycles. The van der Waals surface area contributed by atoms with Gasteiger partial charge in [-0.05, 0) is 24.1 Å². The average molecular weight is 187 g/mol. The lowest BCUT2D eigenvalue weighted by atomic mass is 10.0. The van der Waals surface area contributed by atoms with E-state index in [2.05, 4.69) is 0 Å². The summed E-state index contributed by atoms with van der Waals surface area (Å²) in [6.07, 6.45) is 5.28. The van der Waals surface area contributed by atoms with Gasteiger partial charge in [-0.25, -0.2) is 0 Å². The number of benzene rings is 1. The molecule has 0 aliphatic heterocycles. The van der Waals surface area contributed by atoms with Crippen LogP contribution in [0.15, 0.2) is 30.3 Å². The first kappa shape index (κ1) is 10.5. The number of rotatable bonds is 4. The van der Waals surface area contributed by atoms with Crippen molar-refractivity contribution >= 4 is 19.6 Å². The summed E-state index contributed by atoms with van der Waals surface area (Å²) in [7, 11) is 5.32. The zero-order valence-electron chi connectivity index (χ0n) is 7.72. The molecule has 1 aromatic rings. The lowest BCUT2D eigenvalue weighted by Crippen LogP contribution is -1.86. The maximum absolute atomic E-state index is 10.3. The Labute approximate surface area is 84.0 Å². The molecule has 0 aromatic heterocycles. The van der Waals surface area contributed by atoms with Gasteiger partial charge in [-0.1, -0.05) is 18.5 Å². The average Bonchev–Trinajstić information content (AvgIpc) is 2.19. The van der Waals surface area contributed by atoms with Crippen LogP contribution in [-0.4, -0.2) is 12.8 Å². The standard InChI is InChI=1S/C10H10BNO2/c11-8-2-1-3-9-4-6-10(7-5-9)12(13)14/h1,3-7H,2,8H2/b3-1+. The maximum atomic E-state index is 10.3. The molecule has 0 amide bonds. The molecular formula is C10H10BNO2. The van der Waals surface area contributed by atoms with E-state index in [0.717, 1.165) is 12.0 Å². The fourth-order valence-electron chi connectivity index (χ4n) is 1.02. The lowest BCUT2D eigenvalue weighted by Gasteiger charge is -1.93. The minimum Gasteiger partial charge on any atom is -0.258 e. The Morgan fingerprint density at radius 3 is 2.50 bits per heavy atom. The van der Waals surface area contributed by atoms with Crippen LogP contribution in [0.5, 0.6) is 0 Å². The van der Waals surface area contributed by atoms with Crippen molar-refractivity contribution in [3.63, 3.8) is 0 Å². The number of allylic oxidation sites excluding steroid dienone is 1. The highest BCUT2D eigenvalue weighted by Gasteiger charge is 2.01. The summed E-state index contributed by atoms with van der Waals surface area (Å²) in [4.78, 5) is 9.93. The van der Waals surface area contributed by atoms with Crippen molar-refractivity contribution in [1.29, 1.82) is 0 Å². The molecule has 0 atom stereocenters. The number of hydrogen-bond acceptors (Lipinski definition) is 2.